The van der Waals surface area contributed by atoms with Gasteiger partial charge in [-0.2, -0.15) is 0 Å². The smallest absolute Gasteiger partial charge is 0.155 e. The van der Waals surface area contributed by atoms with Crippen LogP contribution in [0.4, 0.5) is 0 Å². The third kappa shape index (κ3) is 1.98. The number of benzene rings is 1. The first-order chi connectivity index (χ1) is 7.59. The Balaban J connectivity index is 2.43. The normalized spacial score (nSPS) is 20.6. The van der Waals surface area contributed by atoms with E-state index in [-0.39, 0.29) is 10.6 Å². The second kappa shape index (κ2) is 4.38. The molecule has 1 aromatic rings. The summed E-state index contributed by atoms with van der Waals surface area (Å²) in [5.41, 5.74) is 0.748. The third-order valence-corrected chi connectivity index (χ3v) is 4.35. The van der Waals surface area contributed by atoms with Gasteiger partial charge in [-0.05, 0) is 43.4 Å². The Morgan fingerprint density at radius 3 is 2.44 bits per heavy atom. The summed E-state index contributed by atoms with van der Waals surface area (Å²) in [5, 5.41) is 12.4. The highest BCUT2D eigenvalue weighted by Gasteiger charge is 2.46. The monoisotopic (exact) mass is 301 g/mol. The van der Waals surface area contributed by atoms with Gasteiger partial charge in [-0.1, -0.05) is 44.8 Å². The molecule has 1 aliphatic carbocycles. The van der Waals surface area contributed by atoms with Crippen LogP contribution in [0.5, 0.6) is 0 Å². The molecule has 1 atom stereocenters. The van der Waals surface area contributed by atoms with Crippen molar-refractivity contribution in [1.82, 2.24) is 0 Å². The molecule has 2 rings (SSSR count). The second-order valence-corrected chi connectivity index (χ2v) is 5.65. The summed E-state index contributed by atoms with van der Waals surface area (Å²) in [4.78, 5) is 0. The molecule has 0 aromatic heterocycles. The average molecular weight is 303 g/mol. The molecule has 1 N–H and O–H groups in total. The van der Waals surface area contributed by atoms with Crippen molar-refractivity contribution in [3.05, 3.63) is 34.3 Å². The van der Waals surface area contributed by atoms with Crippen LogP contribution in [0.1, 0.15) is 25.3 Å². The molecule has 1 fully saturated rings. The van der Waals surface area contributed by atoms with Crippen LogP contribution >= 0.6 is 27.5 Å². The molecule has 1 aromatic carbocycles. The lowest BCUT2D eigenvalue weighted by atomic mass is 9.79. The molecule has 0 unspecified atom stereocenters. The Morgan fingerprint density at radius 2 is 2.00 bits per heavy atom. The van der Waals surface area contributed by atoms with Crippen LogP contribution in [0.2, 0.25) is 0 Å². The maximum Gasteiger partial charge on any atom is 0.155 e. The van der Waals surface area contributed by atoms with E-state index in [4.69, 9.17) is 16.8 Å². The van der Waals surface area contributed by atoms with Gasteiger partial charge < -0.3 is 5.21 Å². The SMILES string of the molecule is C[C@](/C(Cl)=N/O)(c1ccc(Br)cc1)C1CC1. The highest BCUT2D eigenvalue weighted by atomic mass is 79.9. The van der Waals surface area contributed by atoms with Crippen molar-refractivity contribution in [2.24, 2.45) is 11.1 Å². The molecule has 0 saturated heterocycles. The van der Waals surface area contributed by atoms with Gasteiger partial charge in [0.2, 0.25) is 0 Å². The lowest BCUT2D eigenvalue weighted by Gasteiger charge is -2.27. The molecule has 0 spiro atoms. The molecule has 1 aliphatic rings. The van der Waals surface area contributed by atoms with Crippen LogP contribution in [0.25, 0.3) is 0 Å². The Bertz CT molecular complexity index is 414. The van der Waals surface area contributed by atoms with Gasteiger partial charge in [0.1, 0.15) is 0 Å². The summed E-state index contributed by atoms with van der Waals surface area (Å²) < 4.78 is 1.03. The standard InChI is InChI=1S/C12H13BrClNO/c1-12(8-2-3-8,11(14)15-16)9-4-6-10(13)7-5-9/h4-8,16H,2-3H2,1H3/b15-11-/t12-/m1/s1. The molecule has 16 heavy (non-hydrogen) atoms. The van der Waals surface area contributed by atoms with E-state index >= 15 is 0 Å². The first kappa shape index (κ1) is 11.9. The van der Waals surface area contributed by atoms with Crippen LogP contribution in [-0.2, 0) is 5.41 Å². The van der Waals surface area contributed by atoms with Crippen molar-refractivity contribution >= 4 is 32.7 Å². The van der Waals surface area contributed by atoms with E-state index in [2.05, 4.69) is 21.1 Å². The summed E-state index contributed by atoms with van der Waals surface area (Å²) in [6.45, 7) is 2.04. The summed E-state index contributed by atoms with van der Waals surface area (Å²) >= 11 is 9.48. The number of nitrogens with zero attached hydrogens (tertiary/aromatic N) is 1. The molecule has 0 radical (unpaired) electrons. The Morgan fingerprint density at radius 1 is 1.44 bits per heavy atom. The summed E-state index contributed by atoms with van der Waals surface area (Å²) in [6.07, 6.45) is 2.27. The van der Waals surface area contributed by atoms with E-state index in [0.29, 0.717) is 5.92 Å². The molecule has 0 bridgehead atoms. The zero-order valence-electron chi connectivity index (χ0n) is 8.95. The van der Waals surface area contributed by atoms with Gasteiger partial charge in [0.15, 0.2) is 5.17 Å². The van der Waals surface area contributed by atoms with E-state index < -0.39 is 0 Å². The van der Waals surface area contributed by atoms with E-state index in [9.17, 15) is 0 Å². The van der Waals surface area contributed by atoms with Crippen molar-refractivity contribution in [2.45, 2.75) is 25.2 Å². The van der Waals surface area contributed by atoms with Crippen LogP contribution in [0.3, 0.4) is 0 Å². The van der Waals surface area contributed by atoms with Gasteiger partial charge in [-0.3, -0.25) is 0 Å². The predicted molar refractivity (Wildman–Crippen MR) is 69.3 cm³/mol. The van der Waals surface area contributed by atoms with Crippen molar-refractivity contribution in [2.75, 3.05) is 0 Å². The van der Waals surface area contributed by atoms with E-state index in [1.54, 1.807) is 0 Å². The minimum Gasteiger partial charge on any atom is -0.410 e. The number of hydrogen-bond donors (Lipinski definition) is 1. The van der Waals surface area contributed by atoms with E-state index in [1.165, 1.54) is 0 Å². The minimum atomic E-state index is -0.350. The van der Waals surface area contributed by atoms with Gasteiger partial charge in [-0.25, -0.2) is 0 Å². The number of hydrogen-bond acceptors (Lipinski definition) is 2. The Hall–Kier alpha value is -0.540. The van der Waals surface area contributed by atoms with Crippen LogP contribution < -0.4 is 0 Å². The summed E-state index contributed by atoms with van der Waals surface area (Å²) in [6, 6.07) is 8.01. The highest BCUT2D eigenvalue weighted by Crippen LogP contribution is 2.49. The number of halogens is 2. The van der Waals surface area contributed by atoms with Crippen LogP contribution in [0, 0.1) is 5.92 Å². The Labute approximate surface area is 108 Å². The van der Waals surface area contributed by atoms with Gasteiger partial charge in [-0.15, -0.1) is 0 Å². The number of oxime groups is 1. The number of rotatable bonds is 3. The second-order valence-electron chi connectivity index (χ2n) is 4.37. The lowest BCUT2D eigenvalue weighted by Crippen LogP contribution is -2.31. The first-order valence-electron chi connectivity index (χ1n) is 5.23. The fourth-order valence-electron chi connectivity index (χ4n) is 2.08. The summed E-state index contributed by atoms with van der Waals surface area (Å²) in [5.74, 6) is 0.483. The molecule has 0 heterocycles. The van der Waals surface area contributed by atoms with Gasteiger partial charge >= 0.3 is 0 Å². The maximum atomic E-state index is 8.91. The van der Waals surface area contributed by atoms with Crippen LogP contribution in [0.15, 0.2) is 33.9 Å². The van der Waals surface area contributed by atoms with E-state index in [0.717, 1.165) is 22.9 Å². The fraction of sp³-hybridized carbons (Fsp3) is 0.417. The van der Waals surface area contributed by atoms with Crippen molar-refractivity contribution in [1.29, 1.82) is 0 Å². The summed E-state index contributed by atoms with van der Waals surface area (Å²) in [7, 11) is 0. The van der Waals surface area contributed by atoms with Gasteiger partial charge in [0.25, 0.3) is 0 Å². The zero-order valence-corrected chi connectivity index (χ0v) is 11.3. The Kier molecular flexibility index (Phi) is 3.27. The topological polar surface area (TPSA) is 32.6 Å². The molecule has 2 nitrogen and oxygen atoms in total. The molecule has 4 heteroatoms. The zero-order chi connectivity index (χ0) is 11.8. The van der Waals surface area contributed by atoms with Gasteiger partial charge in [0, 0.05) is 4.47 Å². The third-order valence-electron chi connectivity index (χ3n) is 3.35. The molecular weight excluding hydrogens is 289 g/mol. The predicted octanol–water partition coefficient (Wildman–Crippen LogP) is 4.14. The van der Waals surface area contributed by atoms with Crippen molar-refractivity contribution in [3.8, 4) is 0 Å². The van der Waals surface area contributed by atoms with E-state index in [1.807, 2.05) is 31.2 Å². The van der Waals surface area contributed by atoms with Crippen LogP contribution in [-0.4, -0.2) is 10.4 Å². The fourth-order valence-corrected chi connectivity index (χ4v) is 2.61. The molecule has 0 amide bonds. The van der Waals surface area contributed by atoms with Gasteiger partial charge in [0.05, 0.1) is 5.41 Å². The largest absolute Gasteiger partial charge is 0.410 e. The first-order valence-corrected chi connectivity index (χ1v) is 6.40. The lowest BCUT2D eigenvalue weighted by molar-refractivity contribution is 0.314. The van der Waals surface area contributed by atoms with Crippen molar-refractivity contribution < 1.29 is 5.21 Å². The quantitative estimate of drug-likeness (QED) is 0.508. The minimum absolute atomic E-state index is 0.275. The average Bonchev–Trinajstić information content (AvgIpc) is 3.12. The molecular formula is C12H13BrClNO. The van der Waals surface area contributed by atoms with Crippen molar-refractivity contribution in [3.63, 3.8) is 0 Å². The molecule has 1 saturated carbocycles. The maximum absolute atomic E-state index is 8.91. The molecule has 0 aliphatic heterocycles. The highest BCUT2D eigenvalue weighted by molar-refractivity contribution is 9.10. The molecule has 86 valence electrons.